The molecule has 230 valence electrons. The Kier molecular flexibility index (Phi) is 11.0. The second-order valence-electron chi connectivity index (χ2n) is 11.0. The predicted molar refractivity (Wildman–Crippen MR) is 173 cm³/mol. The zero-order valence-corrected chi connectivity index (χ0v) is 27.5. The molecule has 0 bridgehead atoms. The number of halogens is 3. The van der Waals surface area contributed by atoms with Crippen LogP contribution >= 0.6 is 34.8 Å². The van der Waals surface area contributed by atoms with Crippen molar-refractivity contribution >= 4 is 62.3 Å². The smallest absolute Gasteiger partial charge is 0.264 e. The van der Waals surface area contributed by atoms with Crippen molar-refractivity contribution in [1.82, 2.24) is 10.2 Å². The van der Waals surface area contributed by atoms with E-state index in [9.17, 15) is 18.0 Å². The maximum absolute atomic E-state index is 14.2. The van der Waals surface area contributed by atoms with Crippen LogP contribution in [0.5, 0.6) is 0 Å². The van der Waals surface area contributed by atoms with Gasteiger partial charge < -0.3 is 10.2 Å². The normalized spacial score (nSPS) is 14.7. The van der Waals surface area contributed by atoms with Crippen LogP contribution in [-0.4, -0.2) is 43.8 Å². The number of carbonyl (C=O) groups is 2. The van der Waals surface area contributed by atoms with Gasteiger partial charge in [0, 0.05) is 17.6 Å². The largest absolute Gasteiger partial charge is 0.352 e. The summed E-state index contributed by atoms with van der Waals surface area (Å²) in [4.78, 5) is 29.1. The summed E-state index contributed by atoms with van der Waals surface area (Å²) in [6.45, 7) is 4.67. The Bertz CT molecular complexity index is 1580. The highest BCUT2D eigenvalue weighted by atomic mass is 35.5. The summed E-state index contributed by atoms with van der Waals surface area (Å²) in [7, 11) is -4.20. The fourth-order valence-electron chi connectivity index (χ4n) is 5.20. The van der Waals surface area contributed by atoms with Gasteiger partial charge in [0.05, 0.1) is 20.6 Å². The van der Waals surface area contributed by atoms with Crippen molar-refractivity contribution in [3.8, 4) is 0 Å². The number of carbonyl (C=O) groups excluding carboxylic acids is 2. The van der Waals surface area contributed by atoms with E-state index < -0.39 is 28.5 Å². The Morgan fingerprint density at radius 1 is 0.907 bits per heavy atom. The molecule has 0 aliphatic heterocycles. The molecule has 1 fully saturated rings. The molecule has 1 atom stereocenters. The minimum absolute atomic E-state index is 0.0158. The maximum Gasteiger partial charge on any atom is 0.264 e. The van der Waals surface area contributed by atoms with Gasteiger partial charge in [-0.25, -0.2) is 8.42 Å². The molecule has 3 aromatic rings. The Hall–Kier alpha value is -2.78. The van der Waals surface area contributed by atoms with Gasteiger partial charge in [0.25, 0.3) is 10.0 Å². The number of nitrogens with one attached hydrogen (secondary N) is 1. The van der Waals surface area contributed by atoms with E-state index in [1.165, 1.54) is 17.0 Å². The third kappa shape index (κ3) is 8.04. The fraction of sp³-hybridized carbons (Fsp3) is 0.375. The monoisotopic (exact) mass is 663 g/mol. The topological polar surface area (TPSA) is 86.8 Å². The second-order valence-corrected chi connectivity index (χ2v) is 14.1. The fourth-order valence-corrected chi connectivity index (χ4v) is 7.16. The lowest BCUT2D eigenvalue weighted by atomic mass is 9.95. The number of aryl methyl sites for hydroxylation is 1. The summed E-state index contributed by atoms with van der Waals surface area (Å²) >= 11 is 18.8. The molecule has 0 unspecified atom stereocenters. The first-order valence-electron chi connectivity index (χ1n) is 14.3. The van der Waals surface area contributed by atoms with Crippen molar-refractivity contribution < 1.29 is 18.0 Å². The van der Waals surface area contributed by atoms with Crippen LogP contribution in [-0.2, 0) is 26.2 Å². The van der Waals surface area contributed by atoms with Crippen molar-refractivity contribution in [2.75, 3.05) is 10.8 Å². The van der Waals surface area contributed by atoms with E-state index in [4.69, 9.17) is 34.8 Å². The molecule has 3 aromatic carbocycles. The molecule has 2 amide bonds. The summed E-state index contributed by atoms with van der Waals surface area (Å²) in [6.07, 6.45) is 4.98. The summed E-state index contributed by atoms with van der Waals surface area (Å²) in [5, 5.41) is 4.13. The van der Waals surface area contributed by atoms with Gasteiger partial charge in [-0.3, -0.25) is 13.9 Å². The Morgan fingerprint density at radius 2 is 1.58 bits per heavy atom. The van der Waals surface area contributed by atoms with E-state index in [0.29, 0.717) is 26.2 Å². The highest BCUT2D eigenvalue weighted by Crippen LogP contribution is 2.32. The van der Waals surface area contributed by atoms with E-state index in [2.05, 4.69) is 5.32 Å². The van der Waals surface area contributed by atoms with Crippen molar-refractivity contribution in [2.45, 2.75) is 76.4 Å². The minimum atomic E-state index is -4.20. The summed E-state index contributed by atoms with van der Waals surface area (Å²) in [6, 6.07) is 15.5. The molecule has 43 heavy (non-hydrogen) atoms. The van der Waals surface area contributed by atoms with Crippen LogP contribution in [0.25, 0.3) is 0 Å². The molecule has 4 rings (SSSR count). The summed E-state index contributed by atoms with van der Waals surface area (Å²) in [5.74, 6) is -0.861. The van der Waals surface area contributed by atoms with Crippen LogP contribution < -0.4 is 9.62 Å². The predicted octanol–water partition coefficient (Wildman–Crippen LogP) is 7.33. The SMILES string of the molecule is Cc1ccc(S(=O)(=O)N(CC(=O)N(Cc2ccc(Cl)c(Cl)c2)[C@@H](C)C(=O)NC2CCCCC2)c2cccc(Cl)c2C)cc1. The van der Waals surface area contributed by atoms with Gasteiger partial charge in [-0.15, -0.1) is 0 Å². The van der Waals surface area contributed by atoms with Gasteiger partial charge in [-0.1, -0.05) is 83.9 Å². The highest BCUT2D eigenvalue weighted by molar-refractivity contribution is 7.92. The third-order valence-corrected chi connectivity index (χ3v) is 10.8. The Labute approximate surface area is 269 Å². The molecular weight excluding hydrogens is 629 g/mol. The average Bonchev–Trinajstić information content (AvgIpc) is 2.98. The number of benzene rings is 3. The molecule has 0 heterocycles. The standard InChI is InChI=1S/C32H36Cl3N3O4S/c1-21-12-15-26(16-13-21)43(41,42)38(30-11-7-10-27(33)22(30)2)20-31(39)37(19-24-14-17-28(34)29(35)18-24)23(3)32(40)36-25-8-5-4-6-9-25/h7,10-18,23,25H,4-6,8-9,19-20H2,1-3H3,(H,36,40)/t23-/m0/s1. The first kappa shape index (κ1) is 33.1. The van der Waals surface area contributed by atoms with Gasteiger partial charge in [-0.05, 0) is 81.1 Å². The van der Waals surface area contributed by atoms with Crippen molar-refractivity contribution in [3.63, 3.8) is 0 Å². The van der Waals surface area contributed by atoms with E-state index in [1.807, 2.05) is 6.92 Å². The van der Waals surface area contributed by atoms with Crippen molar-refractivity contribution in [1.29, 1.82) is 0 Å². The Balaban J connectivity index is 1.72. The van der Waals surface area contributed by atoms with Crippen LogP contribution in [0.15, 0.2) is 65.6 Å². The number of rotatable bonds is 10. The quantitative estimate of drug-likeness (QED) is 0.246. The number of nitrogens with zero attached hydrogens (tertiary/aromatic N) is 2. The molecule has 0 spiro atoms. The first-order valence-corrected chi connectivity index (χ1v) is 16.8. The van der Waals surface area contributed by atoms with Crippen LogP contribution in [0.4, 0.5) is 5.69 Å². The van der Waals surface area contributed by atoms with Gasteiger partial charge in [0.1, 0.15) is 12.6 Å². The molecular formula is C32H36Cl3N3O4S. The molecule has 1 aliphatic carbocycles. The molecule has 1 N–H and O–H groups in total. The highest BCUT2D eigenvalue weighted by Gasteiger charge is 2.34. The molecule has 0 radical (unpaired) electrons. The van der Waals surface area contributed by atoms with Gasteiger partial charge in [0.2, 0.25) is 11.8 Å². The van der Waals surface area contributed by atoms with E-state index in [1.54, 1.807) is 62.4 Å². The number of amides is 2. The van der Waals surface area contributed by atoms with Crippen LogP contribution in [0.1, 0.15) is 55.7 Å². The molecule has 1 aliphatic rings. The second kappa shape index (κ2) is 14.3. The molecule has 0 saturated heterocycles. The van der Waals surface area contributed by atoms with Crippen LogP contribution in [0, 0.1) is 13.8 Å². The lowest BCUT2D eigenvalue weighted by molar-refractivity contribution is -0.139. The molecule has 1 saturated carbocycles. The summed E-state index contributed by atoms with van der Waals surface area (Å²) < 4.78 is 29.2. The van der Waals surface area contributed by atoms with Gasteiger partial charge >= 0.3 is 0 Å². The third-order valence-electron chi connectivity index (χ3n) is 7.85. The lowest BCUT2D eigenvalue weighted by Crippen LogP contribution is -2.53. The van der Waals surface area contributed by atoms with E-state index in [0.717, 1.165) is 42.0 Å². The summed E-state index contributed by atoms with van der Waals surface area (Å²) in [5.41, 5.74) is 2.32. The van der Waals surface area contributed by atoms with Crippen molar-refractivity contribution in [3.05, 3.63) is 92.4 Å². The van der Waals surface area contributed by atoms with Crippen molar-refractivity contribution in [2.24, 2.45) is 0 Å². The first-order chi connectivity index (χ1) is 20.4. The van der Waals surface area contributed by atoms with Crippen LogP contribution in [0.3, 0.4) is 0 Å². The number of sulfonamides is 1. The average molecular weight is 665 g/mol. The lowest BCUT2D eigenvalue weighted by Gasteiger charge is -2.33. The zero-order chi connectivity index (χ0) is 31.3. The van der Waals surface area contributed by atoms with E-state index >= 15 is 0 Å². The minimum Gasteiger partial charge on any atom is -0.352 e. The van der Waals surface area contributed by atoms with E-state index in [-0.39, 0.29) is 29.1 Å². The number of hydrogen-bond acceptors (Lipinski definition) is 4. The van der Waals surface area contributed by atoms with Crippen LogP contribution in [0.2, 0.25) is 15.1 Å². The maximum atomic E-state index is 14.2. The molecule has 11 heteroatoms. The molecule has 0 aromatic heterocycles. The van der Waals surface area contributed by atoms with Gasteiger partial charge in [-0.2, -0.15) is 0 Å². The Morgan fingerprint density at radius 3 is 2.23 bits per heavy atom. The number of hydrogen-bond donors (Lipinski definition) is 1. The zero-order valence-electron chi connectivity index (χ0n) is 24.4. The van der Waals surface area contributed by atoms with Gasteiger partial charge in [0.15, 0.2) is 0 Å². The number of anilines is 1. The molecule has 7 nitrogen and oxygen atoms in total.